The van der Waals surface area contributed by atoms with Gasteiger partial charge in [0, 0.05) is 55.4 Å². The zero-order valence-corrected chi connectivity index (χ0v) is 20.8. The second-order valence-corrected chi connectivity index (χ2v) is 11.4. The van der Waals surface area contributed by atoms with Crippen LogP contribution in [0.2, 0.25) is 0 Å². The highest BCUT2D eigenvalue weighted by Crippen LogP contribution is 2.36. The maximum absolute atomic E-state index is 13.4. The second kappa shape index (κ2) is 9.07. The van der Waals surface area contributed by atoms with E-state index in [4.69, 9.17) is 0 Å². The van der Waals surface area contributed by atoms with Gasteiger partial charge in [-0.1, -0.05) is 19.1 Å². The van der Waals surface area contributed by atoms with Crippen LogP contribution < -0.4 is 4.90 Å². The number of hydrogen-bond donors (Lipinski definition) is 0. The number of anilines is 1. The molecule has 3 heterocycles. The summed E-state index contributed by atoms with van der Waals surface area (Å²) >= 11 is 3.34. The van der Waals surface area contributed by atoms with Gasteiger partial charge >= 0.3 is 0 Å². The summed E-state index contributed by atoms with van der Waals surface area (Å²) < 4.78 is 28.2. The van der Waals surface area contributed by atoms with Crippen molar-refractivity contribution in [1.29, 1.82) is 0 Å². The van der Waals surface area contributed by atoms with Crippen molar-refractivity contribution in [2.75, 3.05) is 44.2 Å². The first-order valence-electron chi connectivity index (χ1n) is 10.8. The number of benzene rings is 1. The van der Waals surface area contributed by atoms with Crippen LogP contribution in [0.1, 0.15) is 25.6 Å². The van der Waals surface area contributed by atoms with Crippen LogP contribution in [0.25, 0.3) is 0 Å². The van der Waals surface area contributed by atoms with Gasteiger partial charge in [0.15, 0.2) is 0 Å². The minimum Gasteiger partial charge on any atom is -0.353 e. The van der Waals surface area contributed by atoms with Crippen LogP contribution in [-0.2, 0) is 14.8 Å². The number of piperidine rings is 1. The van der Waals surface area contributed by atoms with Gasteiger partial charge in [-0.2, -0.15) is 4.31 Å². The van der Waals surface area contributed by atoms with E-state index in [2.05, 4.69) is 30.8 Å². The van der Waals surface area contributed by atoms with Crippen LogP contribution in [0, 0.1) is 12.3 Å². The van der Waals surface area contributed by atoms with Crippen LogP contribution in [0.4, 0.5) is 5.82 Å². The molecule has 2 fully saturated rings. The molecule has 0 aliphatic carbocycles. The Morgan fingerprint density at radius 2 is 1.69 bits per heavy atom. The summed E-state index contributed by atoms with van der Waals surface area (Å²) in [4.78, 5) is 26.3. The molecule has 2 saturated heterocycles. The monoisotopic (exact) mass is 521 g/mol. The van der Waals surface area contributed by atoms with Gasteiger partial charge in [-0.05, 0) is 53.9 Å². The maximum Gasteiger partial charge on any atom is 0.244 e. The third-order valence-corrected chi connectivity index (χ3v) is 9.36. The van der Waals surface area contributed by atoms with Crippen molar-refractivity contribution in [3.05, 3.63) is 46.8 Å². The zero-order valence-electron chi connectivity index (χ0n) is 18.4. The molecule has 1 aromatic heterocycles. The van der Waals surface area contributed by atoms with Crippen molar-refractivity contribution in [3.63, 3.8) is 0 Å². The van der Waals surface area contributed by atoms with Gasteiger partial charge in [-0.3, -0.25) is 4.79 Å². The van der Waals surface area contributed by atoms with E-state index in [1.807, 2.05) is 24.8 Å². The van der Waals surface area contributed by atoms with Gasteiger partial charge in [0.25, 0.3) is 0 Å². The van der Waals surface area contributed by atoms with Crippen LogP contribution >= 0.6 is 15.9 Å². The summed E-state index contributed by atoms with van der Waals surface area (Å²) in [5, 5.41) is 0. The number of sulfonamides is 1. The number of nitrogens with zero attached hydrogens (tertiary/aromatic N) is 5. The lowest BCUT2D eigenvalue weighted by Crippen LogP contribution is -2.55. The standard InChI is InChI=1S/C22H28BrN5O3S/c1-17-24-10-7-20(25-17)26-13-15-27(16-14-26)21(29)22(2)8-11-28(12-9-22)32(30,31)19-6-4-3-5-18(19)23/h3-7,10H,8-9,11-16H2,1-2H3. The first-order chi connectivity index (χ1) is 15.2. The minimum absolute atomic E-state index is 0.119. The number of amides is 1. The summed E-state index contributed by atoms with van der Waals surface area (Å²) in [6, 6.07) is 8.75. The SMILES string of the molecule is Cc1nccc(N2CCN(C(=O)C3(C)CCN(S(=O)(=O)c4ccccc4Br)CC3)CC2)n1. The summed E-state index contributed by atoms with van der Waals surface area (Å²) in [6.07, 6.45) is 2.79. The van der Waals surface area contributed by atoms with E-state index in [0.717, 1.165) is 24.7 Å². The molecule has 0 N–H and O–H groups in total. The molecule has 0 bridgehead atoms. The molecule has 8 nitrogen and oxygen atoms in total. The molecule has 0 unspecified atom stereocenters. The second-order valence-electron chi connectivity index (χ2n) is 8.64. The molecule has 0 spiro atoms. The van der Waals surface area contributed by atoms with Gasteiger partial charge < -0.3 is 9.80 Å². The van der Waals surface area contributed by atoms with Gasteiger partial charge in [0.1, 0.15) is 11.6 Å². The van der Waals surface area contributed by atoms with Crippen molar-refractivity contribution in [2.45, 2.75) is 31.6 Å². The molecule has 10 heteroatoms. The van der Waals surface area contributed by atoms with E-state index in [-0.39, 0.29) is 10.8 Å². The first kappa shape index (κ1) is 23.1. The third-order valence-electron chi connectivity index (χ3n) is 6.45. The van der Waals surface area contributed by atoms with Gasteiger partial charge in [-0.25, -0.2) is 18.4 Å². The number of halogens is 1. The van der Waals surface area contributed by atoms with Crippen LogP contribution in [0.5, 0.6) is 0 Å². The predicted octanol–water partition coefficient (Wildman–Crippen LogP) is 2.69. The Morgan fingerprint density at radius 3 is 2.31 bits per heavy atom. The number of aryl methyl sites for hydroxylation is 1. The summed E-state index contributed by atoms with van der Waals surface area (Å²) in [5.74, 6) is 1.74. The Bertz CT molecular complexity index is 1090. The number of piperazine rings is 1. The molecule has 1 aromatic carbocycles. The molecule has 0 saturated carbocycles. The highest BCUT2D eigenvalue weighted by molar-refractivity contribution is 9.10. The molecule has 0 atom stereocenters. The van der Waals surface area contributed by atoms with E-state index < -0.39 is 15.4 Å². The van der Waals surface area contributed by atoms with Crippen molar-refractivity contribution in [2.24, 2.45) is 5.41 Å². The highest BCUT2D eigenvalue weighted by Gasteiger charge is 2.43. The number of carbonyl (C=O) groups is 1. The molecular weight excluding hydrogens is 494 g/mol. The third kappa shape index (κ3) is 4.53. The van der Waals surface area contributed by atoms with E-state index >= 15 is 0 Å². The normalized spacial score (nSPS) is 19.7. The lowest BCUT2D eigenvalue weighted by Gasteiger charge is -2.43. The Kier molecular flexibility index (Phi) is 6.56. The smallest absolute Gasteiger partial charge is 0.244 e. The lowest BCUT2D eigenvalue weighted by atomic mass is 9.79. The fourth-order valence-corrected chi connectivity index (χ4v) is 6.77. The summed E-state index contributed by atoms with van der Waals surface area (Å²) in [6.45, 7) is 7.23. The van der Waals surface area contributed by atoms with Gasteiger partial charge in [0.2, 0.25) is 15.9 Å². The molecule has 2 aliphatic rings. The molecular formula is C22H28BrN5O3S. The molecule has 32 heavy (non-hydrogen) atoms. The summed E-state index contributed by atoms with van der Waals surface area (Å²) in [5.41, 5.74) is -0.548. The zero-order chi connectivity index (χ0) is 22.9. The maximum atomic E-state index is 13.4. The van der Waals surface area contributed by atoms with E-state index in [9.17, 15) is 13.2 Å². The minimum atomic E-state index is -3.59. The average Bonchev–Trinajstić information content (AvgIpc) is 2.79. The number of hydrogen-bond acceptors (Lipinski definition) is 6. The Hall–Kier alpha value is -2.04. The van der Waals surface area contributed by atoms with Crippen molar-refractivity contribution in [3.8, 4) is 0 Å². The Morgan fingerprint density at radius 1 is 1.03 bits per heavy atom. The molecule has 2 aromatic rings. The van der Waals surface area contributed by atoms with E-state index in [0.29, 0.717) is 43.5 Å². The van der Waals surface area contributed by atoms with Gasteiger partial charge in [-0.15, -0.1) is 0 Å². The molecule has 172 valence electrons. The fourth-order valence-electron chi connectivity index (χ4n) is 4.37. The topological polar surface area (TPSA) is 86.7 Å². The molecule has 0 radical (unpaired) electrons. The van der Waals surface area contributed by atoms with Gasteiger partial charge in [0.05, 0.1) is 4.90 Å². The summed E-state index contributed by atoms with van der Waals surface area (Å²) in [7, 11) is -3.59. The average molecular weight is 522 g/mol. The Balaban J connectivity index is 1.37. The van der Waals surface area contributed by atoms with Crippen LogP contribution in [-0.4, -0.2) is 72.8 Å². The van der Waals surface area contributed by atoms with Crippen molar-refractivity contribution < 1.29 is 13.2 Å². The van der Waals surface area contributed by atoms with E-state index in [1.165, 1.54) is 4.31 Å². The van der Waals surface area contributed by atoms with E-state index in [1.54, 1.807) is 30.5 Å². The number of carbonyl (C=O) groups excluding carboxylic acids is 1. The predicted molar refractivity (Wildman–Crippen MR) is 126 cm³/mol. The quantitative estimate of drug-likeness (QED) is 0.614. The first-order valence-corrected chi connectivity index (χ1v) is 13.0. The van der Waals surface area contributed by atoms with Crippen LogP contribution in [0.3, 0.4) is 0 Å². The van der Waals surface area contributed by atoms with Crippen molar-refractivity contribution >= 4 is 37.7 Å². The molecule has 2 aliphatic heterocycles. The highest BCUT2D eigenvalue weighted by atomic mass is 79.9. The largest absolute Gasteiger partial charge is 0.353 e. The molecule has 1 amide bonds. The lowest BCUT2D eigenvalue weighted by molar-refractivity contribution is -0.143. The Labute approximate surface area is 197 Å². The van der Waals surface area contributed by atoms with Crippen molar-refractivity contribution in [1.82, 2.24) is 19.2 Å². The number of aromatic nitrogens is 2. The van der Waals surface area contributed by atoms with Crippen LogP contribution in [0.15, 0.2) is 45.9 Å². The molecule has 4 rings (SSSR count). The number of rotatable bonds is 4. The fraction of sp³-hybridized carbons (Fsp3) is 0.500.